The second-order valence-electron chi connectivity index (χ2n) is 10.0. The summed E-state index contributed by atoms with van der Waals surface area (Å²) >= 11 is 0. The van der Waals surface area contributed by atoms with Gasteiger partial charge in [-0.05, 0) is 75.3 Å². The Kier molecular flexibility index (Phi) is 7.55. The fourth-order valence-electron chi connectivity index (χ4n) is 5.72. The molecule has 2 N–H and O–H groups in total. The van der Waals surface area contributed by atoms with E-state index in [1.54, 1.807) is 6.33 Å². The second kappa shape index (κ2) is 9.92. The zero-order chi connectivity index (χ0) is 21.0. The van der Waals surface area contributed by atoms with Crippen LogP contribution in [0.25, 0.3) is 11.0 Å². The summed E-state index contributed by atoms with van der Waals surface area (Å²) in [4.78, 5) is 14.3. The molecular weight excluding hydrogens is 358 g/mol. The molecule has 0 spiro atoms. The molecule has 2 aliphatic rings. The fourth-order valence-corrected chi connectivity index (χ4v) is 5.72. The molecule has 2 heterocycles. The van der Waals surface area contributed by atoms with E-state index in [-0.39, 0.29) is 0 Å². The number of nitrogens with zero attached hydrogens (tertiary/aromatic N) is 3. The second-order valence-corrected chi connectivity index (χ2v) is 10.0. The molecule has 2 saturated carbocycles. The third kappa shape index (κ3) is 5.71. The normalized spacial score (nSPS) is 32.5. The molecule has 5 heteroatoms. The third-order valence-corrected chi connectivity index (χ3v) is 6.96. The number of hydrogen-bond acceptors (Lipinski definition) is 4. The maximum Gasteiger partial charge on any atom is 0.142 e. The van der Waals surface area contributed by atoms with Gasteiger partial charge in [0.15, 0.2) is 0 Å². The molecule has 0 bridgehead atoms. The van der Waals surface area contributed by atoms with E-state index in [0.717, 1.165) is 46.6 Å². The van der Waals surface area contributed by atoms with Gasteiger partial charge >= 0.3 is 0 Å². The van der Waals surface area contributed by atoms with Crippen molar-refractivity contribution in [2.75, 3.05) is 19.0 Å². The number of aromatic amines is 1. The van der Waals surface area contributed by atoms with Crippen LogP contribution in [0.5, 0.6) is 0 Å². The van der Waals surface area contributed by atoms with Crippen LogP contribution in [0, 0.1) is 23.7 Å². The molecule has 0 aromatic carbocycles. The molecule has 2 aromatic rings. The van der Waals surface area contributed by atoms with E-state index in [9.17, 15) is 0 Å². The van der Waals surface area contributed by atoms with Gasteiger partial charge < -0.3 is 15.2 Å². The maximum atomic E-state index is 4.50. The van der Waals surface area contributed by atoms with Crippen molar-refractivity contribution in [2.45, 2.75) is 78.3 Å². The average Bonchev–Trinajstić information content (AvgIpc) is 3.15. The van der Waals surface area contributed by atoms with Crippen molar-refractivity contribution in [3.05, 3.63) is 18.6 Å². The van der Waals surface area contributed by atoms with Crippen LogP contribution in [0.1, 0.15) is 66.2 Å². The van der Waals surface area contributed by atoms with E-state index >= 15 is 0 Å². The van der Waals surface area contributed by atoms with Crippen LogP contribution in [0.4, 0.5) is 5.82 Å². The van der Waals surface area contributed by atoms with Crippen molar-refractivity contribution < 1.29 is 0 Å². The minimum Gasteiger partial charge on any atom is -0.356 e. The molecular formula is C24H41N5. The smallest absolute Gasteiger partial charge is 0.142 e. The number of rotatable bonds is 3. The van der Waals surface area contributed by atoms with Gasteiger partial charge in [0.2, 0.25) is 0 Å². The van der Waals surface area contributed by atoms with Crippen LogP contribution in [0.2, 0.25) is 0 Å². The van der Waals surface area contributed by atoms with Crippen molar-refractivity contribution in [1.82, 2.24) is 20.3 Å². The molecule has 162 valence electrons. The molecule has 5 nitrogen and oxygen atoms in total. The topological polar surface area (TPSA) is 56.8 Å². The Morgan fingerprint density at radius 1 is 0.897 bits per heavy atom. The number of hydrogen-bond donors (Lipinski definition) is 2. The highest BCUT2D eigenvalue weighted by molar-refractivity contribution is 5.87. The third-order valence-electron chi connectivity index (χ3n) is 6.96. The molecule has 0 amide bonds. The molecule has 0 aliphatic heterocycles. The predicted octanol–water partition coefficient (Wildman–Crippen LogP) is 5.25. The molecule has 2 aliphatic carbocycles. The van der Waals surface area contributed by atoms with Gasteiger partial charge in [0.1, 0.15) is 17.8 Å². The first-order chi connectivity index (χ1) is 13.9. The molecule has 4 unspecified atom stereocenters. The zero-order valence-corrected chi connectivity index (χ0v) is 19.3. The first kappa shape index (κ1) is 22.1. The molecule has 29 heavy (non-hydrogen) atoms. The Hall–Kier alpha value is -1.62. The standard InChI is InChI=1S/C15H22N4.C9H19N/c1-10-6-11(2)8-12(7-10)19(3)15-13-4-5-16-14(13)17-9-18-15;1-7-4-8(2)6-9(5-7)10-3/h4-5,9-12H,6-8H2,1-3H3,(H,16,17,18);7-10H,4-6H2,1-3H3. The first-order valence-corrected chi connectivity index (χ1v) is 11.6. The number of anilines is 1. The zero-order valence-electron chi connectivity index (χ0n) is 19.3. The van der Waals surface area contributed by atoms with Crippen molar-refractivity contribution in [3.63, 3.8) is 0 Å². The highest BCUT2D eigenvalue weighted by Crippen LogP contribution is 2.34. The Labute approximate surface area is 177 Å². The number of H-pyrrole nitrogens is 1. The fraction of sp³-hybridized carbons (Fsp3) is 0.750. The summed E-state index contributed by atoms with van der Waals surface area (Å²) in [6, 6.07) is 3.45. The quantitative estimate of drug-likeness (QED) is 0.740. The minimum atomic E-state index is 0.590. The van der Waals surface area contributed by atoms with E-state index in [1.807, 2.05) is 6.20 Å². The Balaban J connectivity index is 0.000000204. The SMILES string of the molecule is CC1CC(C)CC(N(C)c2ncnc3[nH]ccc23)C1.CNC1CC(C)CC(C)C1. The van der Waals surface area contributed by atoms with Crippen LogP contribution in [-0.2, 0) is 0 Å². The number of nitrogens with one attached hydrogen (secondary N) is 2. The maximum absolute atomic E-state index is 4.50. The van der Waals surface area contributed by atoms with Gasteiger partial charge in [-0.1, -0.05) is 27.7 Å². The van der Waals surface area contributed by atoms with Crippen LogP contribution >= 0.6 is 0 Å². The monoisotopic (exact) mass is 399 g/mol. The number of fused-ring (bicyclic) bond motifs is 1. The molecule has 4 atom stereocenters. The lowest BCUT2D eigenvalue weighted by atomic mass is 9.80. The van der Waals surface area contributed by atoms with Crippen LogP contribution in [-0.4, -0.2) is 41.1 Å². The summed E-state index contributed by atoms with van der Waals surface area (Å²) in [5.74, 6) is 4.53. The Morgan fingerprint density at radius 2 is 1.48 bits per heavy atom. The summed E-state index contributed by atoms with van der Waals surface area (Å²) in [7, 11) is 4.25. The van der Waals surface area contributed by atoms with Crippen molar-refractivity contribution in [2.24, 2.45) is 23.7 Å². The predicted molar refractivity (Wildman–Crippen MR) is 123 cm³/mol. The largest absolute Gasteiger partial charge is 0.356 e. The molecule has 4 rings (SSSR count). The Morgan fingerprint density at radius 3 is 2.07 bits per heavy atom. The lowest BCUT2D eigenvalue weighted by molar-refractivity contribution is 0.247. The summed E-state index contributed by atoms with van der Waals surface area (Å²) < 4.78 is 0. The van der Waals surface area contributed by atoms with Crippen molar-refractivity contribution in [3.8, 4) is 0 Å². The van der Waals surface area contributed by atoms with Gasteiger partial charge in [0, 0.05) is 25.3 Å². The van der Waals surface area contributed by atoms with Crippen LogP contribution < -0.4 is 10.2 Å². The van der Waals surface area contributed by atoms with Gasteiger partial charge in [-0.25, -0.2) is 9.97 Å². The highest BCUT2D eigenvalue weighted by Gasteiger charge is 2.28. The molecule has 0 saturated heterocycles. The van der Waals surface area contributed by atoms with E-state index in [4.69, 9.17) is 0 Å². The summed E-state index contributed by atoms with van der Waals surface area (Å²) in [5, 5.41) is 4.49. The molecule has 2 fully saturated rings. The van der Waals surface area contributed by atoms with Gasteiger partial charge in [-0.15, -0.1) is 0 Å². The van der Waals surface area contributed by atoms with E-state index in [2.05, 4.69) is 73.0 Å². The Bertz CT molecular complexity index is 737. The summed E-state index contributed by atoms with van der Waals surface area (Å²) in [6.07, 6.45) is 11.6. The van der Waals surface area contributed by atoms with Gasteiger partial charge in [0.05, 0.1) is 5.39 Å². The lowest BCUT2D eigenvalue weighted by Gasteiger charge is -2.38. The molecule has 0 radical (unpaired) electrons. The van der Waals surface area contributed by atoms with E-state index in [1.165, 1.54) is 38.5 Å². The average molecular weight is 400 g/mol. The first-order valence-electron chi connectivity index (χ1n) is 11.6. The van der Waals surface area contributed by atoms with Crippen molar-refractivity contribution >= 4 is 16.9 Å². The van der Waals surface area contributed by atoms with Gasteiger partial charge in [0.25, 0.3) is 0 Å². The minimum absolute atomic E-state index is 0.590. The van der Waals surface area contributed by atoms with Crippen LogP contribution in [0.3, 0.4) is 0 Å². The van der Waals surface area contributed by atoms with Gasteiger partial charge in [-0.3, -0.25) is 0 Å². The summed E-state index contributed by atoms with van der Waals surface area (Å²) in [6.45, 7) is 9.45. The van der Waals surface area contributed by atoms with Crippen LogP contribution in [0.15, 0.2) is 18.6 Å². The van der Waals surface area contributed by atoms with E-state index < -0.39 is 0 Å². The lowest BCUT2D eigenvalue weighted by Crippen LogP contribution is -2.38. The molecule has 2 aromatic heterocycles. The number of aromatic nitrogens is 3. The summed E-state index contributed by atoms with van der Waals surface area (Å²) in [5.41, 5.74) is 0.925. The van der Waals surface area contributed by atoms with Crippen molar-refractivity contribution in [1.29, 1.82) is 0 Å². The van der Waals surface area contributed by atoms with E-state index in [0.29, 0.717) is 6.04 Å². The highest BCUT2D eigenvalue weighted by atomic mass is 15.2. The van der Waals surface area contributed by atoms with Gasteiger partial charge in [-0.2, -0.15) is 0 Å².